The van der Waals surface area contributed by atoms with E-state index in [9.17, 15) is 10.1 Å². The smallest absolute Gasteiger partial charge is 0.205 e. The minimum atomic E-state index is -0.532. The highest BCUT2D eigenvalue weighted by atomic mass is 35.5. The number of Topliss-reactive ketones (excluding diaryl/α,β-unsaturated/α-hetero) is 1. The number of carbonyl (C=O) groups is 1. The van der Waals surface area contributed by atoms with Crippen LogP contribution in [0.3, 0.4) is 0 Å². The zero-order valence-electron chi connectivity index (χ0n) is 15.7. The van der Waals surface area contributed by atoms with Crippen LogP contribution in [0.15, 0.2) is 71.3 Å². The number of hydrogen-bond acceptors (Lipinski definition) is 5. The number of rotatable bonds is 4. The number of ketones is 1. The van der Waals surface area contributed by atoms with E-state index in [-0.39, 0.29) is 17.2 Å². The molecule has 5 nitrogen and oxygen atoms in total. The molecule has 1 atom stereocenters. The molecule has 0 radical (unpaired) electrons. The molecule has 0 bridgehead atoms. The summed E-state index contributed by atoms with van der Waals surface area (Å²) < 4.78 is 11.5. The van der Waals surface area contributed by atoms with Crippen LogP contribution in [0.25, 0.3) is 0 Å². The first kappa shape index (κ1) is 19.1. The molecule has 0 amide bonds. The van der Waals surface area contributed by atoms with Gasteiger partial charge in [0.15, 0.2) is 5.78 Å². The number of carbonyl (C=O) groups excluding carboxylic acids is 1. The van der Waals surface area contributed by atoms with Crippen molar-refractivity contribution >= 4 is 17.4 Å². The van der Waals surface area contributed by atoms with Gasteiger partial charge < -0.3 is 15.2 Å². The molecule has 0 aromatic heterocycles. The quantitative estimate of drug-likeness (QED) is 0.792. The topological polar surface area (TPSA) is 85.3 Å². The molecule has 4 rings (SSSR count). The molecule has 29 heavy (non-hydrogen) atoms. The molecule has 6 heteroatoms. The molecule has 1 aliphatic heterocycles. The van der Waals surface area contributed by atoms with E-state index in [1.807, 2.05) is 48.5 Å². The van der Waals surface area contributed by atoms with Crippen LogP contribution in [-0.4, -0.2) is 5.78 Å². The van der Waals surface area contributed by atoms with Gasteiger partial charge in [-0.3, -0.25) is 4.79 Å². The number of hydrogen-bond donors (Lipinski definition) is 1. The maximum Gasteiger partial charge on any atom is 0.205 e. The lowest BCUT2D eigenvalue weighted by molar-refractivity contribution is -0.116. The molecular weight excluding hydrogens is 388 g/mol. The number of nitrogens with zero attached hydrogens (tertiary/aromatic N) is 1. The summed E-state index contributed by atoms with van der Waals surface area (Å²) in [6.45, 7) is 0.379. The van der Waals surface area contributed by atoms with Gasteiger partial charge >= 0.3 is 0 Å². The van der Waals surface area contributed by atoms with Gasteiger partial charge in [0.2, 0.25) is 5.88 Å². The molecule has 2 N–H and O–H groups in total. The summed E-state index contributed by atoms with van der Waals surface area (Å²) in [5.41, 5.74) is 8.57. The van der Waals surface area contributed by atoms with E-state index < -0.39 is 5.92 Å². The Morgan fingerprint density at radius 2 is 2.00 bits per heavy atom. The Labute approximate surface area is 174 Å². The van der Waals surface area contributed by atoms with Crippen molar-refractivity contribution in [2.24, 2.45) is 5.73 Å². The molecule has 1 heterocycles. The number of nitriles is 1. The molecule has 0 spiro atoms. The van der Waals surface area contributed by atoms with Crippen LogP contribution in [0.4, 0.5) is 0 Å². The maximum absolute atomic E-state index is 12.7. The van der Waals surface area contributed by atoms with Gasteiger partial charge in [0.05, 0.1) is 5.92 Å². The molecular formula is C23H19ClN2O3. The van der Waals surface area contributed by atoms with Crippen molar-refractivity contribution in [3.8, 4) is 11.8 Å². The van der Waals surface area contributed by atoms with Crippen molar-refractivity contribution < 1.29 is 14.3 Å². The lowest BCUT2D eigenvalue weighted by Gasteiger charge is -2.31. The second-order valence-electron chi connectivity index (χ2n) is 7.03. The van der Waals surface area contributed by atoms with Gasteiger partial charge in [0, 0.05) is 23.4 Å². The molecule has 2 aliphatic rings. The van der Waals surface area contributed by atoms with E-state index in [1.165, 1.54) is 0 Å². The Hall–Kier alpha value is -3.23. The van der Waals surface area contributed by atoms with Crippen molar-refractivity contribution in [2.75, 3.05) is 0 Å². The van der Waals surface area contributed by atoms with Crippen LogP contribution in [0, 0.1) is 11.3 Å². The van der Waals surface area contributed by atoms with E-state index in [0.29, 0.717) is 41.6 Å². The highest BCUT2D eigenvalue weighted by Crippen LogP contribution is 2.43. The zero-order valence-corrected chi connectivity index (χ0v) is 16.4. The van der Waals surface area contributed by atoms with E-state index in [0.717, 1.165) is 17.5 Å². The fourth-order valence-corrected chi connectivity index (χ4v) is 3.85. The minimum absolute atomic E-state index is 0.00369. The lowest BCUT2D eigenvalue weighted by atomic mass is 9.77. The molecule has 2 aromatic rings. The number of ether oxygens (including phenoxy) is 2. The average Bonchev–Trinajstić information content (AvgIpc) is 2.73. The standard InChI is InChI=1S/C23H19ClN2O3/c24-16-9-7-14(8-10-16)13-28-17-4-1-3-15(11-17)21-18(12-25)23(26)29-20-6-2-5-19(27)22(20)21/h1,3-4,7-11,21H,2,5-6,13,26H2. The Balaban J connectivity index is 1.65. The Morgan fingerprint density at radius 1 is 1.21 bits per heavy atom. The van der Waals surface area contributed by atoms with Gasteiger partial charge in [-0.05, 0) is 41.8 Å². The summed E-state index contributed by atoms with van der Waals surface area (Å²) in [5.74, 6) is 0.763. The number of nitrogens with two attached hydrogens (primary N) is 1. The first-order chi connectivity index (χ1) is 14.1. The summed E-state index contributed by atoms with van der Waals surface area (Å²) in [5, 5.41) is 10.3. The fourth-order valence-electron chi connectivity index (χ4n) is 3.72. The normalized spacial score (nSPS) is 18.8. The predicted molar refractivity (Wildman–Crippen MR) is 109 cm³/mol. The summed E-state index contributed by atoms with van der Waals surface area (Å²) in [4.78, 5) is 12.7. The molecule has 0 fully saturated rings. The third-order valence-corrected chi connectivity index (χ3v) is 5.37. The van der Waals surface area contributed by atoms with E-state index in [1.54, 1.807) is 0 Å². The maximum atomic E-state index is 12.7. The Bertz CT molecular complexity index is 1060. The molecule has 1 aliphatic carbocycles. The van der Waals surface area contributed by atoms with Crippen molar-refractivity contribution in [2.45, 2.75) is 31.8 Å². The minimum Gasteiger partial charge on any atom is -0.489 e. The van der Waals surface area contributed by atoms with E-state index in [4.69, 9.17) is 26.8 Å². The second kappa shape index (κ2) is 8.02. The second-order valence-corrected chi connectivity index (χ2v) is 7.46. The predicted octanol–water partition coefficient (Wildman–Crippen LogP) is 4.73. The van der Waals surface area contributed by atoms with Crippen molar-refractivity contribution in [3.05, 3.63) is 87.5 Å². The third kappa shape index (κ3) is 3.85. The SMILES string of the molecule is N#CC1=C(N)OC2=C(C(=O)CCC2)C1c1cccc(OCc2ccc(Cl)cc2)c1. The van der Waals surface area contributed by atoms with Crippen LogP contribution in [0.2, 0.25) is 5.02 Å². The summed E-state index contributed by atoms with van der Waals surface area (Å²) in [6, 6.07) is 17.0. The third-order valence-electron chi connectivity index (χ3n) is 5.12. The molecule has 2 aromatic carbocycles. The van der Waals surface area contributed by atoms with E-state index in [2.05, 4.69) is 6.07 Å². The molecule has 1 unspecified atom stereocenters. The summed E-state index contributed by atoms with van der Waals surface area (Å²) in [7, 11) is 0. The monoisotopic (exact) mass is 406 g/mol. The zero-order chi connectivity index (χ0) is 20.4. The largest absolute Gasteiger partial charge is 0.489 e. The average molecular weight is 407 g/mol. The van der Waals surface area contributed by atoms with Gasteiger partial charge in [-0.15, -0.1) is 0 Å². The van der Waals surface area contributed by atoms with Gasteiger partial charge in [0.25, 0.3) is 0 Å². The van der Waals surface area contributed by atoms with Gasteiger partial charge in [-0.2, -0.15) is 5.26 Å². The first-order valence-electron chi connectivity index (χ1n) is 9.38. The van der Waals surface area contributed by atoms with Gasteiger partial charge in [0.1, 0.15) is 29.8 Å². The van der Waals surface area contributed by atoms with Crippen molar-refractivity contribution in [3.63, 3.8) is 0 Å². The highest BCUT2D eigenvalue weighted by molar-refractivity contribution is 6.30. The van der Waals surface area contributed by atoms with Gasteiger partial charge in [-0.1, -0.05) is 35.9 Å². The number of halogens is 1. The number of benzene rings is 2. The van der Waals surface area contributed by atoms with Crippen LogP contribution < -0.4 is 10.5 Å². The molecule has 146 valence electrons. The number of allylic oxidation sites excluding steroid dienone is 3. The van der Waals surface area contributed by atoms with Crippen LogP contribution in [0.5, 0.6) is 5.75 Å². The van der Waals surface area contributed by atoms with Gasteiger partial charge in [-0.25, -0.2) is 0 Å². The summed E-state index contributed by atoms with van der Waals surface area (Å²) in [6.07, 6.45) is 1.82. The van der Waals surface area contributed by atoms with Crippen LogP contribution >= 0.6 is 11.6 Å². The Morgan fingerprint density at radius 3 is 2.76 bits per heavy atom. The molecule has 0 saturated heterocycles. The first-order valence-corrected chi connectivity index (χ1v) is 9.75. The van der Waals surface area contributed by atoms with Crippen LogP contribution in [0.1, 0.15) is 36.3 Å². The lowest BCUT2D eigenvalue weighted by Crippen LogP contribution is -2.27. The van der Waals surface area contributed by atoms with Crippen molar-refractivity contribution in [1.82, 2.24) is 0 Å². The van der Waals surface area contributed by atoms with E-state index >= 15 is 0 Å². The molecule has 0 saturated carbocycles. The summed E-state index contributed by atoms with van der Waals surface area (Å²) >= 11 is 5.92. The van der Waals surface area contributed by atoms with Crippen molar-refractivity contribution in [1.29, 1.82) is 5.26 Å². The van der Waals surface area contributed by atoms with Crippen LogP contribution in [-0.2, 0) is 16.1 Å². The Kier molecular flexibility index (Phi) is 5.28. The highest BCUT2D eigenvalue weighted by Gasteiger charge is 2.38. The fraction of sp³-hybridized carbons (Fsp3) is 0.217.